The average Bonchev–Trinajstić information content (AvgIpc) is 3.16. The second kappa shape index (κ2) is 7.26. The Morgan fingerprint density at radius 3 is 2.75 bits per heavy atom. The number of pyridine rings is 1. The Hall–Kier alpha value is -3.01. The molecule has 3 heterocycles. The molecule has 1 amide bonds. The highest BCUT2D eigenvalue weighted by atomic mass is 32.2. The molecule has 1 atom stereocenters. The summed E-state index contributed by atoms with van der Waals surface area (Å²) in [7, 11) is -3.78. The number of benzene rings is 1. The third kappa shape index (κ3) is 3.42. The molecule has 1 aliphatic heterocycles. The molecule has 0 bridgehead atoms. The van der Waals surface area contributed by atoms with E-state index in [9.17, 15) is 22.0 Å². The summed E-state index contributed by atoms with van der Waals surface area (Å²) in [6, 6.07) is 6.62. The van der Waals surface area contributed by atoms with Gasteiger partial charge in [-0.15, -0.1) is 0 Å². The number of amides is 1. The Balaban J connectivity index is 1.48. The summed E-state index contributed by atoms with van der Waals surface area (Å²) in [5, 5.41) is 4.15. The molecule has 0 unspecified atom stereocenters. The van der Waals surface area contributed by atoms with E-state index in [0.29, 0.717) is 31.3 Å². The Kier molecular flexibility index (Phi) is 4.74. The predicted octanol–water partition coefficient (Wildman–Crippen LogP) is 3.57. The Labute approximate surface area is 184 Å². The number of sulfonamides is 1. The monoisotopic (exact) mass is 460 g/mol. The van der Waals surface area contributed by atoms with Crippen LogP contribution in [0.3, 0.4) is 0 Å². The molecule has 1 N–H and O–H groups in total. The molecule has 5 rings (SSSR count). The van der Waals surface area contributed by atoms with Gasteiger partial charge in [0, 0.05) is 24.0 Å². The highest BCUT2D eigenvalue weighted by Crippen LogP contribution is 2.42. The Morgan fingerprint density at radius 1 is 1.22 bits per heavy atom. The van der Waals surface area contributed by atoms with Gasteiger partial charge in [-0.1, -0.05) is 0 Å². The maximum absolute atomic E-state index is 14.4. The van der Waals surface area contributed by atoms with E-state index in [1.807, 2.05) is 4.90 Å². The highest BCUT2D eigenvalue weighted by molar-refractivity contribution is 7.91. The molecule has 2 aliphatic rings. The standard InChI is InChI=1S/C22H22F2N4O3S/c1-22(7-8-22)32(30,31)26-21(29)17-13-25-28-10-6-15(12-20(17)28)27-9-2-3-19(27)16-11-14(23)4-5-18(16)24/h4-6,10-13,19H,2-3,7-9H2,1H3,(H,26,29)/t19-/m1/s1. The van der Waals surface area contributed by atoms with Crippen LogP contribution in [-0.2, 0) is 10.0 Å². The van der Waals surface area contributed by atoms with Gasteiger partial charge in [0.05, 0.1) is 28.1 Å². The molecular formula is C22H22F2N4O3S. The zero-order valence-electron chi connectivity index (χ0n) is 17.4. The molecule has 0 radical (unpaired) electrons. The number of halogens is 2. The molecule has 1 aliphatic carbocycles. The van der Waals surface area contributed by atoms with Crippen molar-refractivity contribution in [2.45, 2.75) is 43.4 Å². The van der Waals surface area contributed by atoms with E-state index in [0.717, 1.165) is 24.2 Å². The Bertz CT molecular complexity index is 1330. The molecule has 1 saturated heterocycles. The lowest BCUT2D eigenvalue weighted by molar-refractivity contribution is 0.0982. The van der Waals surface area contributed by atoms with Crippen LogP contribution in [-0.4, -0.2) is 35.2 Å². The lowest BCUT2D eigenvalue weighted by Crippen LogP contribution is -2.38. The van der Waals surface area contributed by atoms with E-state index < -0.39 is 32.3 Å². The van der Waals surface area contributed by atoms with Gasteiger partial charge < -0.3 is 4.90 Å². The summed E-state index contributed by atoms with van der Waals surface area (Å²) < 4.78 is 55.9. The summed E-state index contributed by atoms with van der Waals surface area (Å²) in [6.07, 6.45) is 5.48. The second-order valence-electron chi connectivity index (χ2n) is 8.67. The van der Waals surface area contributed by atoms with E-state index in [2.05, 4.69) is 9.82 Å². The van der Waals surface area contributed by atoms with Crippen LogP contribution in [0.5, 0.6) is 0 Å². The first kappa shape index (κ1) is 20.9. The third-order valence-electron chi connectivity index (χ3n) is 6.48. The van der Waals surface area contributed by atoms with Crippen molar-refractivity contribution in [1.82, 2.24) is 14.3 Å². The van der Waals surface area contributed by atoms with E-state index in [-0.39, 0.29) is 17.2 Å². The first-order valence-corrected chi connectivity index (χ1v) is 11.9. The molecule has 3 aromatic rings. The SMILES string of the molecule is CC1(S(=O)(=O)NC(=O)c2cnn3ccc(N4CCC[C@@H]4c4cc(F)ccc4F)cc23)CC1. The number of nitrogens with zero attached hydrogens (tertiary/aromatic N) is 3. The van der Waals surface area contributed by atoms with Gasteiger partial charge >= 0.3 is 0 Å². The lowest BCUT2D eigenvalue weighted by atomic mass is 10.0. The van der Waals surface area contributed by atoms with Crippen LogP contribution in [0.2, 0.25) is 0 Å². The molecule has 2 fully saturated rings. The molecule has 7 nitrogen and oxygen atoms in total. The van der Waals surface area contributed by atoms with Gasteiger partial charge in [-0.25, -0.2) is 26.4 Å². The average molecular weight is 461 g/mol. The molecule has 1 saturated carbocycles. The fourth-order valence-electron chi connectivity index (χ4n) is 4.24. The topological polar surface area (TPSA) is 83.8 Å². The number of hydrogen-bond acceptors (Lipinski definition) is 5. The van der Waals surface area contributed by atoms with Crippen molar-refractivity contribution in [3.63, 3.8) is 0 Å². The molecule has 168 valence electrons. The number of hydrogen-bond donors (Lipinski definition) is 1. The minimum atomic E-state index is -3.78. The van der Waals surface area contributed by atoms with Crippen LogP contribution in [0.1, 0.15) is 54.6 Å². The van der Waals surface area contributed by atoms with Crippen molar-refractivity contribution < 1.29 is 22.0 Å². The summed E-state index contributed by atoms with van der Waals surface area (Å²) in [5.74, 6) is -1.70. The first-order valence-electron chi connectivity index (χ1n) is 10.4. The molecule has 10 heteroatoms. The van der Waals surface area contributed by atoms with Crippen LogP contribution < -0.4 is 9.62 Å². The van der Waals surface area contributed by atoms with E-state index in [1.54, 1.807) is 25.3 Å². The third-order valence-corrected chi connectivity index (χ3v) is 8.64. The van der Waals surface area contributed by atoms with Crippen LogP contribution in [0.4, 0.5) is 14.5 Å². The van der Waals surface area contributed by atoms with Gasteiger partial charge in [0.1, 0.15) is 11.6 Å². The fraction of sp³-hybridized carbons (Fsp3) is 0.364. The van der Waals surface area contributed by atoms with Gasteiger partial charge in [-0.05, 0) is 62.9 Å². The number of aromatic nitrogens is 2. The predicted molar refractivity (Wildman–Crippen MR) is 115 cm³/mol. The fourth-order valence-corrected chi connectivity index (χ4v) is 5.48. The zero-order chi connectivity index (χ0) is 22.7. The van der Waals surface area contributed by atoms with Crippen LogP contribution in [0, 0.1) is 11.6 Å². The van der Waals surface area contributed by atoms with Crippen molar-refractivity contribution in [2.75, 3.05) is 11.4 Å². The number of nitrogens with one attached hydrogen (secondary N) is 1. The van der Waals surface area contributed by atoms with Crippen LogP contribution in [0.25, 0.3) is 5.52 Å². The Morgan fingerprint density at radius 2 is 2.00 bits per heavy atom. The number of rotatable bonds is 5. The molecule has 32 heavy (non-hydrogen) atoms. The summed E-state index contributed by atoms with van der Waals surface area (Å²) in [4.78, 5) is 14.7. The van der Waals surface area contributed by atoms with Gasteiger partial charge in [-0.3, -0.25) is 4.79 Å². The van der Waals surface area contributed by atoms with Crippen LogP contribution in [0.15, 0.2) is 42.7 Å². The molecule has 2 aromatic heterocycles. The summed E-state index contributed by atoms with van der Waals surface area (Å²) in [6.45, 7) is 2.25. The minimum absolute atomic E-state index is 0.132. The maximum Gasteiger partial charge on any atom is 0.268 e. The van der Waals surface area contributed by atoms with E-state index in [4.69, 9.17) is 0 Å². The lowest BCUT2D eigenvalue weighted by Gasteiger charge is -2.27. The van der Waals surface area contributed by atoms with Crippen molar-refractivity contribution in [3.05, 3.63) is 65.5 Å². The van der Waals surface area contributed by atoms with Crippen molar-refractivity contribution in [2.24, 2.45) is 0 Å². The zero-order valence-corrected chi connectivity index (χ0v) is 18.2. The number of carbonyl (C=O) groups is 1. The van der Waals surface area contributed by atoms with E-state index in [1.165, 1.54) is 16.8 Å². The van der Waals surface area contributed by atoms with Crippen molar-refractivity contribution in [3.8, 4) is 0 Å². The number of fused-ring (bicyclic) bond motifs is 1. The van der Waals surface area contributed by atoms with Gasteiger partial charge in [0.2, 0.25) is 10.0 Å². The normalized spacial score (nSPS) is 20.0. The van der Waals surface area contributed by atoms with Gasteiger partial charge in [0.25, 0.3) is 5.91 Å². The minimum Gasteiger partial charge on any atom is -0.364 e. The quantitative estimate of drug-likeness (QED) is 0.630. The smallest absolute Gasteiger partial charge is 0.268 e. The highest BCUT2D eigenvalue weighted by Gasteiger charge is 2.51. The molecule has 0 spiro atoms. The molecular weight excluding hydrogens is 438 g/mol. The van der Waals surface area contributed by atoms with E-state index >= 15 is 0 Å². The van der Waals surface area contributed by atoms with Gasteiger partial charge in [-0.2, -0.15) is 5.10 Å². The largest absolute Gasteiger partial charge is 0.364 e. The second-order valence-corrected chi connectivity index (χ2v) is 10.9. The van der Waals surface area contributed by atoms with Crippen molar-refractivity contribution >= 4 is 27.1 Å². The van der Waals surface area contributed by atoms with Crippen LogP contribution >= 0.6 is 0 Å². The number of carbonyl (C=O) groups excluding carboxylic acids is 1. The first-order chi connectivity index (χ1) is 15.2. The van der Waals surface area contributed by atoms with Gasteiger partial charge in [0.15, 0.2) is 0 Å². The number of anilines is 1. The molecule has 1 aromatic carbocycles. The maximum atomic E-state index is 14.4. The summed E-state index contributed by atoms with van der Waals surface area (Å²) >= 11 is 0. The van der Waals surface area contributed by atoms with Crippen molar-refractivity contribution in [1.29, 1.82) is 0 Å². The summed E-state index contributed by atoms with van der Waals surface area (Å²) in [5.41, 5.74) is 1.57.